The number of likely N-dealkylation sites (tertiary alicyclic amines) is 1. The third-order valence-corrected chi connectivity index (χ3v) is 4.51. The van der Waals surface area contributed by atoms with Gasteiger partial charge in [0.25, 0.3) is 5.91 Å². The Labute approximate surface area is 132 Å². The summed E-state index contributed by atoms with van der Waals surface area (Å²) >= 11 is 0. The molecule has 1 amide bonds. The van der Waals surface area contributed by atoms with Gasteiger partial charge in [-0.1, -0.05) is 5.16 Å². The van der Waals surface area contributed by atoms with Gasteiger partial charge < -0.3 is 18.6 Å². The first kappa shape index (κ1) is 14.4. The van der Waals surface area contributed by atoms with Crippen LogP contribution in [0.15, 0.2) is 15.3 Å². The Bertz CT molecular complexity index is 711. The minimum absolute atomic E-state index is 0.0659. The summed E-state index contributed by atoms with van der Waals surface area (Å²) in [6, 6.07) is 0. The summed E-state index contributed by atoms with van der Waals surface area (Å²) in [5.41, 5.74) is 0.623. The molecular formula is C15H18N4O4. The van der Waals surface area contributed by atoms with Crippen LogP contribution in [0.3, 0.4) is 0 Å². The lowest BCUT2D eigenvalue weighted by Crippen LogP contribution is -2.31. The van der Waals surface area contributed by atoms with Crippen molar-refractivity contribution in [3.05, 3.63) is 29.6 Å². The highest BCUT2D eigenvalue weighted by Crippen LogP contribution is 2.34. The van der Waals surface area contributed by atoms with Gasteiger partial charge in [0.1, 0.15) is 0 Å². The monoisotopic (exact) mass is 318 g/mol. The van der Waals surface area contributed by atoms with E-state index in [2.05, 4.69) is 15.1 Å². The summed E-state index contributed by atoms with van der Waals surface area (Å²) < 4.78 is 16.4. The van der Waals surface area contributed by atoms with Crippen molar-refractivity contribution in [2.45, 2.75) is 38.9 Å². The van der Waals surface area contributed by atoms with Gasteiger partial charge in [-0.05, 0) is 20.3 Å². The highest BCUT2D eigenvalue weighted by atomic mass is 16.5. The second-order valence-electron chi connectivity index (χ2n) is 6.21. The number of hydrogen-bond acceptors (Lipinski definition) is 7. The number of carbonyl (C=O) groups is 1. The number of rotatable bonds is 3. The lowest BCUT2D eigenvalue weighted by atomic mass is 10.0. The SMILES string of the molecule is Cc1noc(C[C@@H]2C[C@H]3CN(C(=O)c4ocnc4C)C[C@H]3O2)n1. The maximum absolute atomic E-state index is 12.4. The number of amides is 1. The van der Waals surface area contributed by atoms with Crippen molar-refractivity contribution >= 4 is 5.91 Å². The molecule has 0 bridgehead atoms. The van der Waals surface area contributed by atoms with Crippen molar-refractivity contribution in [3.8, 4) is 0 Å². The first-order valence-corrected chi connectivity index (χ1v) is 7.74. The van der Waals surface area contributed by atoms with Crippen LogP contribution < -0.4 is 0 Å². The number of carbonyl (C=O) groups excluding carboxylic acids is 1. The van der Waals surface area contributed by atoms with E-state index in [0.29, 0.717) is 48.6 Å². The maximum Gasteiger partial charge on any atom is 0.291 e. The number of ether oxygens (including phenoxy) is 1. The molecule has 4 heterocycles. The van der Waals surface area contributed by atoms with Gasteiger partial charge in [0, 0.05) is 19.0 Å². The van der Waals surface area contributed by atoms with Crippen LogP contribution in [0, 0.1) is 19.8 Å². The van der Waals surface area contributed by atoms with Gasteiger partial charge in [-0.3, -0.25) is 4.79 Å². The lowest BCUT2D eigenvalue weighted by molar-refractivity contribution is 0.0324. The fourth-order valence-corrected chi connectivity index (χ4v) is 3.43. The van der Waals surface area contributed by atoms with Crippen molar-refractivity contribution < 1.29 is 18.5 Å². The van der Waals surface area contributed by atoms with Crippen LogP contribution in [0.25, 0.3) is 0 Å². The number of nitrogens with zero attached hydrogens (tertiary/aromatic N) is 4. The lowest BCUT2D eigenvalue weighted by Gasteiger charge is -2.18. The fraction of sp³-hybridized carbons (Fsp3) is 0.600. The van der Waals surface area contributed by atoms with E-state index in [1.807, 2.05) is 0 Å². The van der Waals surface area contributed by atoms with Crippen LogP contribution >= 0.6 is 0 Å². The fourth-order valence-electron chi connectivity index (χ4n) is 3.43. The second-order valence-corrected chi connectivity index (χ2v) is 6.21. The van der Waals surface area contributed by atoms with Gasteiger partial charge in [0.2, 0.25) is 11.7 Å². The molecule has 0 N–H and O–H groups in total. The normalized spacial score (nSPS) is 26.7. The minimum atomic E-state index is -0.109. The van der Waals surface area contributed by atoms with Gasteiger partial charge in [-0.15, -0.1) is 0 Å². The van der Waals surface area contributed by atoms with Crippen molar-refractivity contribution in [1.82, 2.24) is 20.0 Å². The summed E-state index contributed by atoms with van der Waals surface area (Å²) in [5, 5.41) is 3.79. The average molecular weight is 318 g/mol. The summed E-state index contributed by atoms with van der Waals surface area (Å²) in [4.78, 5) is 22.4. The van der Waals surface area contributed by atoms with Crippen LogP contribution in [-0.2, 0) is 11.2 Å². The molecule has 8 nitrogen and oxygen atoms in total. The zero-order valence-electron chi connectivity index (χ0n) is 13.1. The zero-order valence-corrected chi connectivity index (χ0v) is 13.1. The molecule has 23 heavy (non-hydrogen) atoms. The standard InChI is InChI=1S/C15H18N4O4/c1-8-14(21-7-16-8)15(20)19-5-10-3-11(22-12(10)6-19)4-13-17-9(2)18-23-13/h7,10-12H,3-6H2,1-2H3/t10-,11-,12+/m0/s1. The van der Waals surface area contributed by atoms with E-state index in [1.165, 1.54) is 6.39 Å². The molecule has 0 unspecified atom stereocenters. The van der Waals surface area contributed by atoms with Crippen molar-refractivity contribution in [2.24, 2.45) is 5.92 Å². The van der Waals surface area contributed by atoms with E-state index < -0.39 is 0 Å². The summed E-state index contributed by atoms with van der Waals surface area (Å²) in [6.45, 7) is 4.84. The van der Waals surface area contributed by atoms with E-state index in [4.69, 9.17) is 13.7 Å². The third-order valence-electron chi connectivity index (χ3n) is 4.51. The van der Waals surface area contributed by atoms with Gasteiger partial charge in [0.05, 0.1) is 24.3 Å². The van der Waals surface area contributed by atoms with Gasteiger partial charge >= 0.3 is 0 Å². The van der Waals surface area contributed by atoms with Crippen LogP contribution in [0.4, 0.5) is 0 Å². The zero-order chi connectivity index (χ0) is 16.0. The molecule has 3 atom stereocenters. The Kier molecular flexibility index (Phi) is 3.41. The van der Waals surface area contributed by atoms with Crippen molar-refractivity contribution in [3.63, 3.8) is 0 Å². The molecule has 2 aromatic rings. The quantitative estimate of drug-likeness (QED) is 0.837. The molecule has 0 saturated carbocycles. The Morgan fingerprint density at radius 3 is 2.91 bits per heavy atom. The summed E-state index contributed by atoms with van der Waals surface area (Å²) in [6.07, 6.45) is 2.97. The highest BCUT2D eigenvalue weighted by molar-refractivity contribution is 5.92. The number of aryl methyl sites for hydroxylation is 2. The Morgan fingerprint density at radius 1 is 1.39 bits per heavy atom. The highest BCUT2D eigenvalue weighted by Gasteiger charge is 2.44. The maximum atomic E-state index is 12.4. The van der Waals surface area contributed by atoms with E-state index in [1.54, 1.807) is 18.7 Å². The molecule has 2 saturated heterocycles. The smallest absolute Gasteiger partial charge is 0.291 e. The van der Waals surface area contributed by atoms with Crippen LogP contribution in [-0.4, -0.2) is 51.2 Å². The molecule has 2 aromatic heterocycles. The van der Waals surface area contributed by atoms with E-state index in [0.717, 1.165) is 6.42 Å². The van der Waals surface area contributed by atoms with Crippen LogP contribution in [0.1, 0.15) is 34.4 Å². The molecule has 0 aromatic carbocycles. The van der Waals surface area contributed by atoms with E-state index in [-0.39, 0.29) is 18.1 Å². The van der Waals surface area contributed by atoms with Gasteiger partial charge in [-0.2, -0.15) is 4.98 Å². The summed E-state index contributed by atoms with van der Waals surface area (Å²) in [5.74, 6) is 1.80. The molecule has 122 valence electrons. The molecule has 0 radical (unpaired) electrons. The number of aromatic nitrogens is 3. The minimum Gasteiger partial charge on any atom is -0.438 e. The third kappa shape index (κ3) is 2.63. The van der Waals surface area contributed by atoms with Crippen molar-refractivity contribution in [2.75, 3.05) is 13.1 Å². The predicted molar refractivity (Wildman–Crippen MR) is 76.7 cm³/mol. The molecule has 0 aliphatic carbocycles. The van der Waals surface area contributed by atoms with Crippen LogP contribution in [0.2, 0.25) is 0 Å². The van der Waals surface area contributed by atoms with Gasteiger partial charge in [-0.25, -0.2) is 4.98 Å². The molecular weight excluding hydrogens is 300 g/mol. The van der Waals surface area contributed by atoms with E-state index >= 15 is 0 Å². The molecule has 0 spiro atoms. The number of hydrogen-bond donors (Lipinski definition) is 0. The first-order valence-electron chi connectivity index (χ1n) is 7.74. The average Bonchev–Trinajstić information content (AvgIpc) is 3.23. The molecule has 8 heteroatoms. The molecule has 4 rings (SSSR count). The molecule has 2 aliphatic heterocycles. The Hall–Kier alpha value is -2.22. The number of fused-ring (bicyclic) bond motifs is 1. The van der Waals surface area contributed by atoms with E-state index in [9.17, 15) is 4.79 Å². The topological polar surface area (TPSA) is 94.5 Å². The largest absolute Gasteiger partial charge is 0.438 e. The summed E-state index contributed by atoms with van der Waals surface area (Å²) in [7, 11) is 0. The second kappa shape index (κ2) is 5.45. The number of oxazole rings is 1. The predicted octanol–water partition coefficient (Wildman–Crippen LogP) is 1.15. The van der Waals surface area contributed by atoms with Crippen molar-refractivity contribution in [1.29, 1.82) is 0 Å². The molecule has 2 fully saturated rings. The Morgan fingerprint density at radius 2 is 2.26 bits per heavy atom. The van der Waals surface area contributed by atoms with Gasteiger partial charge in [0.15, 0.2) is 12.2 Å². The molecule has 2 aliphatic rings. The van der Waals surface area contributed by atoms with Crippen LogP contribution in [0.5, 0.6) is 0 Å². The Balaban J connectivity index is 1.36. The first-order chi connectivity index (χ1) is 11.1.